The van der Waals surface area contributed by atoms with Crippen LogP contribution in [0.3, 0.4) is 0 Å². The van der Waals surface area contributed by atoms with E-state index in [9.17, 15) is 4.79 Å². The van der Waals surface area contributed by atoms with Crippen molar-refractivity contribution in [1.82, 2.24) is 4.90 Å². The number of carbonyl (C=O) groups excluding carboxylic acids is 1. The molecule has 1 amide bonds. The van der Waals surface area contributed by atoms with Gasteiger partial charge in [-0.1, -0.05) is 13.8 Å². The molecule has 0 aromatic heterocycles. The third-order valence-corrected chi connectivity index (χ3v) is 4.10. The number of likely N-dealkylation sites (tertiary alicyclic amines) is 1. The van der Waals surface area contributed by atoms with E-state index in [0.717, 1.165) is 13.1 Å². The van der Waals surface area contributed by atoms with E-state index in [1.165, 1.54) is 0 Å². The Labute approximate surface area is 90.8 Å². The first-order valence-corrected chi connectivity index (χ1v) is 5.51. The second-order valence-electron chi connectivity index (χ2n) is 5.34. The monoisotopic (exact) mass is 212 g/mol. The molecular formula is C11H20N2O2. The minimum atomic E-state index is -0.490. The average molecular weight is 212 g/mol. The lowest BCUT2D eigenvalue weighted by molar-refractivity contribution is -0.133. The van der Waals surface area contributed by atoms with E-state index in [1.807, 2.05) is 4.90 Å². The summed E-state index contributed by atoms with van der Waals surface area (Å²) in [5.41, 5.74) is 6.17. The number of rotatable bonds is 3. The number of nitrogens with two attached hydrogens (primary N) is 1. The van der Waals surface area contributed by atoms with E-state index in [-0.39, 0.29) is 5.91 Å². The zero-order valence-electron chi connectivity index (χ0n) is 9.69. The molecule has 2 N–H and O–H groups in total. The summed E-state index contributed by atoms with van der Waals surface area (Å²) < 4.78 is 4.89. The Balaban J connectivity index is 1.86. The van der Waals surface area contributed by atoms with Crippen molar-refractivity contribution in [2.75, 3.05) is 26.8 Å². The number of amides is 1. The Morgan fingerprint density at radius 1 is 1.53 bits per heavy atom. The maximum absolute atomic E-state index is 11.8. The normalized spacial score (nSPS) is 33.7. The molecule has 2 aliphatic rings. The van der Waals surface area contributed by atoms with E-state index in [2.05, 4.69) is 13.8 Å². The lowest BCUT2D eigenvalue weighted by Gasteiger charge is -2.24. The van der Waals surface area contributed by atoms with Crippen LogP contribution in [0.2, 0.25) is 0 Å². The van der Waals surface area contributed by atoms with Gasteiger partial charge in [0.1, 0.15) is 6.04 Å². The predicted molar refractivity (Wildman–Crippen MR) is 57.2 cm³/mol. The Hall–Kier alpha value is -0.610. The minimum Gasteiger partial charge on any atom is -0.383 e. The molecule has 2 rings (SSSR count). The Morgan fingerprint density at radius 3 is 2.53 bits per heavy atom. The quantitative estimate of drug-likeness (QED) is 0.720. The first-order valence-electron chi connectivity index (χ1n) is 5.51. The number of methoxy groups -OCH3 is 1. The molecule has 3 atom stereocenters. The van der Waals surface area contributed by atoms with Gasteiger partial charge in [0.25, 0.3) is 0 Å². The van der Waals surface area contributed by atoms with Crippen molar-refractivity contribution in [3.05, 3.63) is 0 Å². The molecule has 0 bridgehead atoms. The summed E-state index contributed by atoms with van der Waals surface area (Å²) in [4.78, 5) is 13.7. The summed E-state index contributed by atoms with van der Waals surface area (Å²) in [6.45, 7) is 6.63. The van der Waals surface area contributed by atoms with Gasteiger partial charge < -0.3 is 15.4 Å². The number of ether oxygens (including phenoxy) is 1. The molecule has 1 heterocycles. The van der Waals surface area contributed by atoms with Gasteiger partial charge in [0, 0.05) is 20.2 Å². The van der Waals surface area contributed by atoms with Gasteiger partial charge >= 0.3 is 0 Å². The van der Waals surface area contributed by atoms with Crippen LogP contribution in [0.4, 0.5) is 0 Å². The second-order valence-corrected chi connectivity index (χ2v) is 5.34. The van der Waals surface area contributed by atoms with Gasteiger partial charge in [-0.3, -0.25) is 4.79 Å². The molecule has 3 unspecified atom stereocenters. The first-order chi connectivity index (χ1) is 6.98. The molecule has 4 nitrogen and oxygen atoms in total. The van der Waals surface area contributed by atoms with E-state index in [4.69, 9.17) is 10.5 Å². The maximum Gasteiger partial charge on any atom is 0.241 e. The highest BCUT2D eigenvalue weighted by atomic mass is 16.5. The molecule has 1 aliphatic carbocycles. The number of nitrogens with zero attached hydrogens (tertiary/aromatic N) is 1. The van der Waals surface area contributed by atoms with Crippen molar-refractivity contribution in [1.29, 1.82) is 0 Å². The van der Waals surface area contributed by atoms with Crippen molar-refractivity contribution < 1.29 is 9.53 Å². The van der Waals surface area contributed by atoms with Crippen molar-refractivity contribution in [2.45, 2.75) is 19.9 Å². The van der Waals surface area contributed by atoms with Gasteiger partial charge in [-0.2, -0.15) is 0 Å². The lowest BCUT2D eigenvalue weighted by Crippen LogP contribution is -2.46. The zero-order valence-corrected chi connectivity index (χ0v) is 9.69. The van der Waals surface area contributed by atoms with Crippen LogP contribution in [0.1, 0.15) is 13.8 Å². The second kappa shape index (κ2) is 3.46. The van der Waals surface area contributed by atoms with Crippen LogP contribution in [0.15, 0.2) is 0 Å². The summed E-state index contributed by atoms with van der Waals surface area (Å²) in [7, 11) is 1.57. The van der Waals surface area contributed by atoms with E-state index >= 15 is 0 Å². The van der Waals surface area contributed by atoms with E-state index in [1.54, 1.807) is 7.11 Å². The molecule has 0 aromatic carbocycles. The summed E-state index contributed by atoms with van der Waals surface area (Å²) in [6.07, 6.45) is 0. The molecule has 1 saturated carbocycles. The molecule has 0 radical (unpaired) electrons. The molecule has 1 aliphatic heterocycles. The van der Waals surface area contributed by atoms with Gasteiger partial charge in [0.05, 0.1) is 6.61 Å². The molecule has 86 valence electrons. The fourth-order valence-electron chi connectivity index (χ4n) is 2.80. The number of hydrogen-bond donors (Lipinski definition) is 1. The van der Waals surface area contributed by atoms with E-state index in [0.29, 0.717) is 23.9 Å². The smallest absolute Gasteiger partial charge is 0.241 e. The molecule has 4 heteroatoms. The largest absolute Gasteiger partial charge is 0.383 e. The minimum absolute atomic E-state index is 0.0415. The third kappa shape index (κ3) is 1.66. The fraction of sp³-hybridized carbons (Fsp3) is 0.909. The summed E-state index contributed by atoms with van der Waals surface area (Å²) in [5, 5.41) is 0. The third-order valence-electron chi connectivity index (χ3n) is 4.10. The van der Waals surface area contributed by atoms with Crippen molar-refractivity contribution in [3.63, 3.8) is 0 Å². The van der Waals surface area contributed by atoms with Gasteiger partial charge in [-0.05, 0) is 17.3 Å². The molecule has 0 aromatic rings. The number of piperidine rings is 1. The number of carbonyl (C=O) groups is 1. The van der Waals surface area contributed by atoms with Crippen LogP contribution in [0.5, 0.6) is 0 Å². The lowest BCUT2D eigenvalue weighted by atomic mass is 10.1. The van der Waals surface area contributed by atoms with Gasteiger partial charge in [0.15, 0.2) is 0 Å². The SMILES string of the molecule is COCC(N)C(=O)N1CC2C(C1)C2(C)C. The highest BCUT2D eigenvalue weighted by Gasteiger charge is 2.62. The van der Waals surface area contributed by atoms with Gasteiger partial charge in [-0.25, -0.2) is 0 Å². The first kappa shape index (κ1) is 10.9. The molecule has 15 heavy (non-hydrogen) atoms. The highest BCUT2D eigenvalue weighted by molar-refractivity contribution is 5.82. The Kier molecular flexibility index (Phi) is 2.51. The number of hydrogen-bond acceptors (Lipinski definition) is 3. The predicted octanol–water partition coefficient (Wildman–Crippen LogP) is 0.0745. The van der Waals surface area contributed by atoms with Crippen molar-refractivity contribution in [3.8, 4) is 0 Å². The Morgan fingerprint density at radius 2 is 2.07 bits per heavy atom. The zero-order chi connectivity index (χ0) is 11.2. The van der Waals surface area contributed by atoms with E-state index < -0.39 is 6.04 Å². The molecular weight excluding hydrogens is 192 g/mol. The van der Waals surface area contributed by atoms with Crippen LogP contribution >= 0.6 is 0 Å². The topological polar surface area (TPSA) is 55.6 Å². The standard InChI is InChI=1S/C11H20N2O2/c1-11(2)7-4-13(5-8(7)11)10(14)9(12)6-15-3/h7-9H,4-6,12H2,1-3H3. The van der Waals surface area contributed by atoms with Crippen molar-refractivity contribution >= 4 is 5.91 Å². The average Bonchev–Trinajstić information content (AvgIpc) is 2.60. The highest BCUT2D eigenvalue weighted by Crippen LogP contribution is 2.61. The number of fused-ring (bicyclic) bond motifs is 1. The Bertz CT molecular complexity index is 264. The molecule has 0 spiro atoms. The van der Waals surface area contributed by atoms with Crippen molar-refractivity contribution in [2.24, 2.45) is 23.0 Å². The van der Waals surface area contributed by atoms with Crippen LogP contribution in [-0.4, -0.2) is 43.7 Å². The van der Waals surface area contributed by atoms with Crippen LogP contribution in [0.25, 0.3) is 0 Å². The maximum atomic E-state index is 11.8. The summed E-state index contributed by atoms with van der Waals surface area (Å²) >= 11 is 0. The van der Waals surface area contributed by atoms with Crippen LogP contribution in [-0.2, 0) is 9.53 Å². The molecule has 1 saturated heterocycles. The molecule has 2 fully saturated rings. The van der Waals surface area contributed by atoms with Crippen LogP contribution < -0.4 is 5.73 Å². The summed E-state index contributed by atoms with van der Waals surface area (Å²) in [5.74, 6) is 1.42. The van der Waals surface area contributed by atoms with Crippen LogP contribution in [0, 0.1) is 17.3 Å². The fourth-order valence-corrected chi connectivity index (χ4v) is 2.80. The van der Waals surface area contributed by atoms with Gasteiger partial charge in [-0.15, -0.1) is 0 Å². The summed E-state index contributed by atoms with van der Waals surface area (Å²) in [6, 6.07) is -0.490. The van der Waals surface area contributed by atoms with Gasteiger partial charge in [0.2, 0.25) is 5.91 Å².